The number of fused-ring (bicyclic) bond motifs is 1. The molecule has 0 saturated carbocycles. The third-order valence-corrected chi connectivity index (χ3v) is 7.19. The molecular weight excluding hydrogens is 394 g/mol. The average molecular weight is 424 g/mol. The van der Waals surface area contributed by atoms with Crippen LogP contribution in [0.15, 0.2) is 17.0 Å². The third-order valence-electron chi connectivity index (χ3n) is 5.15. The van der Waals surface area contributed by atoms with E-state index in [1.807, 2.05) is 20.8 Å². The molecule has 1 atom stereocenters. The molecule has 2 amide bonds. The van der Waals surface area contributed by atoms with Crippen molar-refractivity contribution in [2.45, 2.75) is 64.0 Å². The highest BCUT2D eigenvalue weighted by Gasteiger charge is 2.35. The van der Waals surface area contributed by atoms with Crippen molar-refractivity contribution < 1.29 is 22.7 Å². The van der Waals surface area contributed by atoms with E-state index in [1.54, 1.807) is 19.9 Å². The van der Waals surface area contributed by atoms with Gasteiger partial charge in [0.25, 0.3) is 5.91 Å². The lowest BCUT2D eigenvalue weighted by Crippen LogP contribution is -2.47. The van der Waals surface area contributed by atoms with Crippen molar-refractivity contribution in [1.29, 1.82) is 0 Å². The third kappa shape index (κ3) is 4.56. The fraction of sp³-hybridized carbons (Fsp3) is 0.600. The highest BCUT2D eigenvalue weighted by molar-refractivity contribution is 7.89. The van der Waals surface area contributed by atoms with Gasteiger partial charge in [-0.2, -0.15) is 4.31 Å². The first-order valence-corrected chi connectivity index (χ1v) is 11.3. The Morgan fingerprint density at radius 2 is 1.86 bits per heavy atom. The van der Waals surface area contributed by atoms with Crippen molar-refractivity contribution in [3.05, 3.63) is 17.7 Å². The summed E-state index contributed by atoms with van der Waals surface area (Å²) in [6.45, 7) is 9.66. The van der Waals surface area contributed by atoms with Gasteiger partial charge in [0.1, 0.15) is 5.75 Å². The van der Waals surface area contributed by atoms with E-state index in [4.69, 9.17) is 4.74 Å². The number of hydrogen-bond donors (Lipinski definition) is 2. The zero-order valence-corrected chi connectivity index (χ0v) is 18.4. The second-order valence-corrected chi connectivity index (χ2v) is 10.7. The molecule has 0 aliphatic carbocycles. The Labute approximate surface area is 172 Å². The average Bonchev–Trinajstić information content (AvgIpc) is 2.61. The second-order valence-electron chi connectivity index (χ2n) is 8.78. The Bertz CT molecular complexity index is 928. The lowest BCUT2D eigenvalue weighted by molar-refractivity contribution is -0.127. The Kier molecular flexibility index (Phi) is 5.66. The summed E-state index contributed by atoms with van der Waals surface area (Å²) in [5, 5.41) is 5.70. The summed E-state index contributed by atoms with van der Waals surface area (Å²) in [6, 6.07) is 3.10. The molecule has 2 aliphatic heterocycles. The number of ether oxygens (including phenoxy) is 1. The highest BCUT2D eigenvalue weighted by Crippen LogP contribution is 2.36. The Balaban J connectivity index is 1.76. The van der Waals surface area contributed by atoms with E-state index in [2.05, 4.69) is 10.6 Å². The fourth-order valence-corrected chi connectivity index (χ4v) is 5.28. The normalized spacial score (nSPS) is 21.1. The largest absolute Gasteiger partial charge is 0.479 e. The van der Waals surface area contributed by atoms with Crippen LogP contribution in [0.3, 0.4) is 0 Å². The number of carbonyl (C=O) groups is 2. The molecule has 2 heterocycles. The van der Waals surface area contributed by atoms with Crippen molar-refractivity contribution in [2.24, 2.45) is 5.92 Å². The molecule has 9 heteroatoms. The second kappa shape index (κ2) is 7.60. The van der Waals surface area contributed by atoms with Gasteiger partial charge in [-0.3, -0.25) is 9.59 Å². The number of anilines is 1. The van der Waals surface area contributed by atoms with E-state index in [-0.39, 0.29) is 41.3 Å². The fourth-order valence-electron chi connectivity index (χ4n) is 3.59. The van der Waals surface area contributed by atoms with Gasteiger partial charge in [0.05, 0.1) is 10.6 Å². The van der Waals surface area contributed by atoms with Crippen molar-refractivity contribution >= 4 is 27.5 Å². The number of benzene rings is 1. The van der Waals surface area contributed by atoms with Gasteiger partial charge in [0, 0.05) is 30.6 Å². The minimum Gasteiger partial charge on any atom is -0.479 e. The van der Waals surface area contributed by atoms with Crippen molar-refractivity contribution in [3.8, 4) is 5.75 Å². The van der Waals surface area contributed by atoms with Gasteiger partial charge in [-0.25, -0.2) is 8.42 Å². The molecule has 1 fully saturated rings. The van der Waals surface area contributed by atoms with Crippen LogP contribution in [-0.4, -0.2) is 49.3 Å². The lowest BCUT2D eigenvalue weighted by atomic mass is 9.96. The first-order valence-electron chi connectivity index (χ1n) is 9.83. The minimum absolute atomic E-state index is 0.0300. The number of hydrogen-bond acceptors (Lipinski definition) is 5. The van der Waals surface area contributed by atoms with E-state index < -0.39 is 16.1 Å². The zero-order chi connectivity index (χ0) is 21.6. The van der Waals surface area contributed by atoms with Crippen LogP contribution in [0.25, 0.3) is 0 Å². The maximum absolute atomic E-state index is 13.2. The Morgan fingerprint density at radius 1 is 1.24 bits per heavy atom. The minimum atomic E-state index is -3.73. The van der Waals surface area contributed by atoms with E-state index in [0.29, 0.717) is 29.8 Å². The van der Waals surface area contributed by atoms with Crippen LogP contribution in [0.5, 0.6) is 5.75 Å². The van der Waals surface area contributed by atoms with Crippen molar-refractivity contribution in [2.75, 3.05) is 18.4 Å². The SMILES string of the molecule is Cc1cc2c(cc1S(=O)(=O)N1CCC(C(=O)NC(C)(C)C)CC1)OC(C)C(=O)N2. The predicted molar refractivity (Wildman–Crippen MR) is 109 cm³/mol. The number of piperidine rings is 1. The molecule has 3 rings (SSSR count). The monoisotopic (exact) mass is 423 g/mol. The van der Waals surface area contributed by atoms with Gasteiger partial charge >= 0.3 is 0 Å². The summed E-state index contributed by atoms with van der Waals surface area (Å²) in [5.41, 5.74) is 0.699. The lowest BCUT2D eigenvalue weighted by Gasteiger charge is -2.33. The van der Waals surface area contributed by atoms with E-state index >= 15 is 0 Å². The first kappa shape index (κ1) is 21.6. The van der Waals surface area contributed by atoms with Gasteiger partial charge in [0.15, 0.2) is 6.10 Å². The maximum Gasteiger partial charge on any atom is 0.265 e. The predicted octanol–water partition coefficient (Wildman–Crippen LogP) is 2.03. The van der Waals surface area contributed by atoms with Gasteiger partial charge in [-0.15, -0.1) is 0 Å². The summed E-state index contributed by atoms with van der Waals surface area (Å²) in [4.78, 5) is 24.3. The van der Waals surface area contributed by atoms with Crippen molar-refractivity contribution in [1.82, 2.24) is 9.62 Å². The van der Waals surface area contributed by atoms with Crippen LogP contribution in [0.4, 0.5) is 5.69 Å². The molecule has 8 nitrogen and oxygen atoms in total. The van der Waals surface area contributed by atoms with Crippen LogP contribution in [0.2, 0.25) is 0 Å². The molecule has 0 aromatic heterocycles. The number of rotatable bonds is 3. The number of nitrogens with zero attached hydrogens (tertiary/aromatic N) is 1. The topological polar surface area (TPSA) is 105 Å². The molecule has 1 unspecified atom stereocenters. The summed E-state index contributed by atoms with van der Waals surface area (Å²) in [5.74, 6) is -0.133. The van der Waals surface area contributed by atoms with Gasteiger partial charge in [-0.05, 0) is 59.1 Å². The summed E-state index contributed by atoms with van der Waals surface area (Å²) in [6.07, 6.45) is 0.279. The van der Waals surface area contributed by atoms with E-state index in [1.165, 1.54) is 10.4 Å². The summed E-state index contributed by atoms with van der Waals surface area (Å²) in [7, 11) is -3.73. The standard InChI is InChI=1S/C20H29N3O5S/c1-12-10-15-16(28-13(2)18(24)21-15)11-17(12)29(26,27)23-8-6-14(7-9-23)19(25)22-20(3,4)5/h10-11,13-14H,6-9H2,1-5H3,(H,21,24)(H,22,25). The molecule has 160 valence electrons. The summed E-state index contributed by atoms with van der Waals surface area (Å²) < 4.78 is 33.4. The molecule has 1 aromatic rings. The van der Waals surface area contributed by atoms with Crippen LogP contribution in [0, 0.1) is 12.8 Å². The van der Waals surface area contributed by atoms with Crippen LogP contribution < -0.4 is 15.4 Å². The van der Waals surface area contributed by atoms with Gasteiger partial charge in [-0.1, -0.05) is 0 Å². The molecule has 1 aromatic carbocycles. The quantitative estimate of drug-likeness (QED) is 0.774. The Hall–Kier alpha value is -2.13. The molecular formula is C20H29N3O5S. The smallest absolute Gasteiger partial charge is 0.265 e. The number of sulfonamides is 1. The molecule has 1 saturated heterocycles. The van der Waals surface area contributed by atoms with Crippen LogP contribution in [0.1, 0.15) is 46.1 Å². The highest BCUT2D eigenvalue weighted by atomic mass is 32.2. The molecule has 0 bridgehead atoms. The van der Waals surface area contributed by atoms with Crippen molar-refractivity contribution in [3.63, 3.8) is 0 Å². The van der Waals surface area contributed by atoms with Gasteiger partial charge in [0.2, 0.25) is 15.9 Å². The molecule has 0 spiro atoms. The molecule has 2 N–H and O–H groups in total. The number of carbonyl (C=O) groups excluding carboxylic acids is 2. The zero-order valence-electron chi connectivity index (χ0n) is 17.5. The molecule has 29 heavy (non-hydrogen) atoms. The molecule has 0 radical (unpaired) electrons. The Morgan fingerprint density at radius 3 is 2.45 bits per heavy atom. The number of nitrogens with one attached hydrogen (secondary N) is 2. The number of amides is 2. The van der Waals surface area contributed by atoms with Crippen LogP contribution >= 0.6 is 0 Å². The number of aryl methyl sites for hydroxylation is 1. The summed E-state index contributed by atoms with van der Waals surface area (Å²) >= 11 is 0. The molecule has 2 aliphatic rings. The van der Waals surface area contributed by atoms with E-state index in [0.717, 1.165) is 0 Å². The first-order chi connectivity index (χ1) is 13.4. The van der Waals surface area contributed by atoms with Gasteiger partial charge < -0.3 is 15.4 Å². The maximum atomic E-state index is 13.2. The van der Waals surface area contributed by atoms with Crippen LogP contribution in [-0.2, 0) is 19.6 Å². The van der Waals surface area contributed by atoms with E-state index in [9.17, 15) is 18.0 Å².